The Balaban J connectivity index is 1.97. The summed E-state index contributed by atoms with van der Waals surface area (Å²) in [6.45, 7) is 7.48. The maximum absolute atomic E-state index is 9.00. The van der Waals surface area contributed by atoms with Gasteiger partial charge in [-0.2, -0.15) is 0 Å². The summed E-state index contributed by atoms with van der Waals surface area (Å²) in [7, 11) is 0. The predicted octanol–water partition coefficient (Wildman–Crippen LogP) is 1.96. The van der Waals surface area contributed by atoms with Gasteiger partial charge in [0.15, 0.2) is 0 Å². The van der Waals surface area contributed by atoms with Gasteiger partial charge in [-0.15, -0.1) is 0 Å². The summed E-state index contributed by atoms with van der Waals surface area (Å²) in [5.74, 6) is 0. The topological polar surface area (TPSA) is 29.5 Å². The Kier molecular flexibility index (Phi) is 3.13. The Labute approximate surface area is 74.9 Å². The molecule has 0 radical (unpaired) electrons. The van der Waals surface area contributed by atoms with Gasteiger partial charge in [0.2, 0.25) is 0 Å². The zero-order valence-electron chi connectivity index (χ0n) is 8.34. The van der Waals surface area contributed by atoms with Crippen LogP contribution in [0.4, 0.5) is 0 Å². The summed E-state index contributed by atoms with van der Waals surface area (Å²) in [6.07, 6.45) is 3.01. The van der Waals surface area contributed by atoms with E-state index in [2.05, 4.69) is 20.8 Å². The van der Waals surface area contributed by atoms with Crippen molar-refractivity contribution >= 4 is 0 Å². The van der Waals surface area contributed by atoms with E-state index in [0.29, 0.717) is 11.5 Å². The van der Waals surface area contributed by atoms with Gasteiger partial charge < -0.3 is 9.84 Å². The van der Waals surface area contributed by atoms with Crippen LogP contribution in [0.5, 0.6) is 0 Å². The lowest BCUT2D eigenvalue weighted by atomic mass is 9.91. The molecular formula is C10H20O2. The van der Waals surface area contributed by atoms with Crippen LogP contribution in [0.25, 0.3) is 0 Å². The minimum absolute atomic E-state index is 0.0929. The number of ether oxygens (including phenoxy) is 1. The van der Waals surface area contributed by atoms with Gasteiger partial charge in [0, 0.05) is 6.61 Å². The Morgan fingerprint density at radius 2 is 1.92 bits per heavy atom. The molecule has 1 aliphatic carbocycles. The maximum Gasteiger partial charge on any atom is 0.0624 e. The number of rotatable bonds is 3. The van der Waals surface area contributed by atoms with Gasteiger partial charge in [-0.25, -0.2) is 0 Å². The van der Waals surface area contributed by atoms with Crippen LogP contribution in [0.3, 0.4) is 0 Å². The first-order valence-corrected chi connectivity index (χ1v) is 4.77. The highest BCUT2D eigenvalue weighted by molar-refractivity contribution is 4.79. The standard InChI is InChI=1S/C10H20O2/c1-10(2,3)4-5-12-9-6-8(11)7-9/h8-9,11H,4-7H2,1-3H3. The third kappa shape index (κ3) is 3.55. The van der Waals surface area contributed by atoms with E-state index in [-0.39, 0.29) is 6.10 Å². The molecular weight excluding hydrogens is 152 g/mol. The summed E-state index contributed by atoms with van der Waals surface area (Å²) in [5.41, 5.74) is 0.363. The maximum atomic E-state index is 9.00. The van der Waals surface area contributed by atoms with E-state index in [1.165, 1.54) is 0 Å². The van der Waals surface area contributed by atoms with Crippen molar-refractivity contribution in [3.63, 3.8) is 0 Å². The molecule has 2 nitrogen and oxygen atoms in total. The van der Waals surface area contributed by atoms with E-state index in [9.17, 15) is 0 Å². The zero-order chi connectivity index (χ0) is 9.19. The van der Waals surface area contributed by atoms with Crippen LogP contribution in [0.15, 0.2) is 0 Å². The molecule has 1 fully saturated rings. The fourth-order valence-corrected chi connectivity index (χ4v) is 1.21. The highest BCUT2D eigenvalue weighted by Gasteiger charge is 2.27. The molecule has 0 saturated heterocycles. The molecule has 1 rings (SSSR count). The molecule has 1 aliphatic rings. The second-order valence-corrected chi connectivity index (χ2v) is 4.93. The van der Waals surface area contributed by atoms with Crippen molar-refractivity contribution in [2.75, 3.05) is 6.61 Å². The second-order valence-electron chi connectivity index (χ2n) is 4.93. The van der Waals surface area contributed by atoms with Crippen LogP contribution in [-0.4, -0.2) is 23.9 Å². The van der Waals surface area contributed by atoms with E-state index in [4.69, 9.17) is 9.84 Å². The zero-order valence-corrected chi connectivity index (χ0v) is 8.34. The molecule has 1 saturated carbocycles. The Morgan fingerprint density at radius 3 is 2.33 bits per heavy atom. The SMILES string of the molecule is CC(C)(C)CCOC1CC(O)C1. The minimum atomic E-state index is -0.0929. The van der Waals surface area contributed by atoms with Gasteiger partial charge in [0.1, 0.15) is 0 Å². The molecule has 12 heavy (non-hydrogen) atoms. The van der Waals surface area contributed by atoms with Crippen LogP contribution in [0.1, 0.15) is 40.0 Å². The van der Waals surface area contributed by atoms with Crippen molar-refractivity contribution in [1.82, 2.24) is 0 Å². The third-order valence-electron chi connectivity index (χ3n) is 2.28. The van der Waals surface area contributed by atoms with Gasteiger partial charge in [-0.05, 0) is 24.7 Å². The first-order valence-electron chi connectivity index (χ1n) is 4.77. The van der Waals surface area contributed by atoms with Crippen LogP contribution in [-0.2, 0) is 4.74 Å². The Hall–Kier alpha value is -0.0800. The van der Waals surface area contributed by atoms with Crippen LogP contribution in [0, 0.1) is 5.41 Å². The Bertz CT molecular complexity index is 131. The molecule has 0 aromatic heterocycles. The monoisotopic (exact) mass is 172 g/mol. The molecule has 0 aliphatic heterocycles. The van der Waals surface area contributed by atoms with Crippen LogP contribution in [0.2, 0.25) is 0 Å². The van der Waals surface area contributed by atoms with Crippen molar-refractivity contribution in [3.8, 4) is 0 Å². The predicted molar refractivity (Wildman–Crippen MR) is 49.1 cm³/mol. The highest BCUT2D eigenvalue weighted by Crippen LogP contribution is 2.25. The van der Waals surface area contributed by atoms with Crippen molar-refractivity contribution < 1.29 is 9.84 Å². The smallest absolute Gasteiger partial charge is 0.0624 e. The molecule has 0 amide bonds. The summed E-state index contributed by atoms with van der Waals surface area (Å²) in [6, 6.07) is 0. The summed E-state index contributed by atoms with van der Waals surface area (Å²) in [4.78, 5) is 0. The molecule has 1 N–H and O–H groups in total. The number of aliphatic hydroxyl groups excluding tert-OH is 1. The normalized spacial score (nSPS) is 30.0. The lowest BCUT2D eigenvalue weighted by molar-refractivity contribution is -0.0754. The minimum Gasteiger partial charge on any atom is -0.393 e. The second kappa shape index (κ2) is 3.75. The molecule has 72 valence electrons. The van der Waals surface area contributed by atoms with Gasteiger partial charge in [-0.3, -0.25) is 0 Å². The fraction of sp³-hybridized carbons (Fsp3) is 1.00. The molecule has 0 spiro atoms. The highest BCUT2D eigenvalue weighted by atomic mass is 16.5. The third-order valence-corrected chi connectivity index (χ3v) is 2.28. The lowest BCUT2D eigenvalue weighted by Crippen LogP contribution is -2.35. The number of hydrogen-bond donors (Lipinski definition) is 1. The van der Waals surface area contributed by atoms with Gasteiger partial charge in [-0.1, -0.05) is 20.8 Å². The largest absolute Gasteiger partial charge is 0.393 e. The van der Waals surface area contributed by atoms with Crippen molar-refractivity contribution in [2.24, 2.45) is 5.41 Å². The molecule has 0 bridgehead atoms. The van der Waals surface area contributed by atoms with E-state index in [0.717, 1.165) is 25.9 Å². The fourth-order valence-electron chi connectivity index (χ4n) is 1.21. The quantitative estimate of drug-likeness (QED) is 0.705. The van der Waals surface area contributed by atoms with Gasteiger partial charge >= 0.3 is 0 Å². The van der Waals surface area contributed by atoms with E-state index >= 15 is 0 Å². The summed E-state index contributed by atoms with van der Waals surface area (Å²) >= 11 is 0. The van der Waals surface area contributed by atoms with Crippen LogP contribution >= 0.6 is 0 Å². The molecule has 0 atom stereocenters. The molecule has 0 aromatic carbocycles. The Morgan fingerprint density at radius 1 is 1.33 bits per heavy atom. The molecule has 2 heteroatoms. The molecule has 0 aromatic rings. The van der Waals surface area contributed by atoms with E-state index in [1.54, 1.807) is 0 Å². The average Bonchev–Trinajstić information content (AvgIpc) is 1.81. The first-order chi connectivity index (χ1) is 5.47. The van der Waals surface area contributed by atoms with Crippen molar-refractivity contribution in [3.05, 3.63) is 0 Å². The number of hydrogen-bond acceptors (Lipinski definition) is 2. The number of aliphatic hydroxyl groups is 1. The van der Waals surface area contributed by atoms with E-state index < -0.39 is 0 Å². The van der Waals surface area contributed by atoms with Crippen molar-refractivity contribution in [2.45, 2.75) is 52.2 Å². The summed E-state index contributed by atoms with van der Waals surface area (Å²) < 4.78 is 5.56. The van der Waals surface area contributed by atoms with Crippen molar-refractivity contribution in [1.29, 1.82) is 0 Å². The lowest BCUT2D eigenvalue weighted by Gasteiger charge is -2.32. The summed E-state index contributed by atoms with van der Waals surface area (Å²) in [5, 5.41) is 9.00. The van der Waals surface area contributed by atoms with Crippen LogP contribution < -0.4 is 0 Å². The molecule has 0 heterocycles. The van der Waals surface area contributed by atoms with E-state index in [1.807, 2.05) is 0 Å². The first kappa shape index (κ1) is 10.0. The average molecular weight is 172 g/mol. The molecule has 0 unspecified atom stereocenters. The van der Waals surface area contributed by atoms with Gasteiger partial charge in [0.05, 0.1) is 12.2 Å². The van der Waals surface area contributed by atoms with Gasteiger partial charge in [0.25, 0.3) is 0 Å².